The van der Waals surface area contributed by atoms with Crippen LogP contribution in [0, 0.1) is 6.92 Å². The lowest BCUT2D eigenvalue weighted by Gasteiger charge is -2.31. The van der Waals surface area contributed by atoms with E-state index in [-0.39, 0.29) is 6.04 Å². The van der Waals surface area contributed by atoms with Crippen LogP contribution in [0.5, 0.6) is 0 Å². The first kappa shape index (κ1) is 13.1. The molecule has 1 heterocycles. The van der Waals surface area contributed by atoms with Crippen molar-refractivity contribution in [2.45, 2.75) is 19.9 Å². The summed E-state index contributed by atoms with van der Waals surface area (Å²) in [4.78, 5) is 3.71. The minimum Gasteiger partial charge on any atom is -0.363 e. The Morgan fingerprint density at radius 3 is 2.67 bits per heavy atom. The van der Waals surface area contributed by atoms with Crippen molar-refractivity contribution >= 4 is 17.0 Å². The number of benzene rings is 1. The predicted octanol–water partition coefficient (Wildman–Crippen LogP) is 3.58. The Morgan fingerprint density at radius 2 is 2.11 bits per heavy atom. The van der Waals surface area contributed by atoms with Crippen molar-refractivity contribution in [3.8, 4) is 0 Å². The van der Waals surface area contributed by atoms with Gasteiger partial charge in [0.2, 0.25) is 0 Å². The van der Waals surface area contributed by atoms with Gasteiger partial charge in [0.15, 0.2) is 0 Å². The molecule has 0 aliphatic carbocycles. The standard InChI is InChI=1S/C15H20N2S/c1-3-17(13-7-4-6-12(2)10-13)14(11-16)15-8-5-9-18-15/h4-10,14H,3,11,16H2,1-2H3. The molecule has 1 aromatic heterocycles. The monoisotopic (exact) mass is 260 g/mol. The molecule has 96 valence electrons. The highest BCUT2D eigenvalue weighted by Gasteiger charge is 2.18. The Kier molecular flexibility index (Phi) is 4.39. The van der Waals surface area contributed by atoms with Gasteiger partial charge < -0.3 is 10.6 Å². The molecule has 0 amide bonds. The van der Waals surface area contributed by atoms with Crippen LogP contribution >= 0.6 is 11.3 Å². The maximum atomic E-state index is 5.98. The second-order valence-corrected chi connectivity index (χ2v) is 5.37. The Labute approximate surface area is 113 Å². The lowest BCUT2D eigenvalue weighted by Crippen LogP contribution is -2.33. The maximum Gasteiger partial charge on any atom is 0.0756 e. The van der Waals surface area contributed by atoms with Crippen molar-refractivity contribution in [3.05, 3.63) is 52.2 Å². The third kappa shape index (κ3) is 2.74. The number of rotatable bonds is 5. The van der Waals surface area contributed by atoms with Gasteiger partial charge in [0, 0.05) is 23.7 Å². The molecule has 2 N–H and O–H groups in total. The van der Waals surface area contributed by atoms with E-state index >= 15 is 0 Å². The average molecular weight is 260 g/mol. The summed E-state index contributed by atoms with van der Waals surface area (Å²) in [6.07, 6.45) is 0. The topological polar surface area (TPSA) is 29.3 Å². The van der Waals surface area contributed by atoms with E-state index in [4.69, 9.17) is 5.73 Å². The molecule has 2 aromatic rings. The number of nitrogens with zero attached hydrogens (tertiary/aromatic N) is 1. The van der Waals surface area contributed by atoms with E-state index in [0.717, 1.165) is 6.54 Å². The van der Waals surface area contributed by atoms with E-state index in [9.17, 15) is 0 Å². The Hall–Kier alpha value is -1.32. The first-order chi connectivity index (χ1) is 8.76. The summed E-state index contributed by atoms with van der Waals surface area (Å²) in [5.74, 6) is 0. The van der Waals surface area contributed by atoms with Crippen molar-refractivity contribution in [2.24, 2.45) is 5.73 Å². The largest absolute Gasteiger partial charge is 0.363 e. The second-order valence-electron chi connectivity index (χ2n) is 4.39. The van der Waals surface area contributed by atoms with Crippen molar-refractivity contribution in [1.29, 1.82) is 0 Å². The van der Waals surface area contributed by atoms with Crippen molar-refractivity contribution in [1.82, 2.24) is 0 Å². The molecule has 1 aromatic carbocycles. The summed E-state index contributed by atoms with van der Waals surface area (Å²) >= 11 is 1.78. The minimum absolute atomic E-state index is 0.275. The van der Waals surface area contributed by atoms with E-state index in [2.05, 4.69) is 60.5 Å². The van der Waals surface area contributed by atoms with Crippen molar-refractivity contribution in [3.63, 3.8) is 0 Å². The molecule has 0 saturated heterocycles. The van der Waals surface area contributed by atoms with Crippen LogP contribution in [-0.4, -0.2) is 13.1 Å². The molecule has 0 aliphatic heterocycles. The molecule has 18 heavy (non-hydrogen) atoms. The fraction of sp³-hybridized carbons (Fsp3) is 0.333. The van der Waals surface area contributed by atoms with Gasteiger partial charge in [0.1, 0.15) is 0 Å². The SMILES string of the molecule is CCN(c1cccc(C)c1)C(CN)c1cccs1. The van der Waals surface area contributed by atoms with Gasteiger partial charge in [-0.15, -0.1) is 11.3 Å². The minimum atomic E-state index is 0.275. The van der Waals surface area contributed by atoms with Crippen LogP contribution in [-0.2, 0) is 0 Å². The number of hydrogen-bond donors (Lipinski definition) is 1. The van der Waals surface area contributed by atoms with Gasteiger partial charge in [-0.25, -0.2) is 0 Å². The zero-order valence-electron chi connectivity index (χ0n) is 11.0. The normalized spacial score (nSPS) is 12.4. The summed E-state index contributed by atoms with van der Waals surface area (Å²) in [7, 11) is 0. The second kappa shape index (κ2) is 6.03. The fourth-order valence-corrected chi connectivity index (χ4v) is 3.12. The quantitative estimate of drug-likeness (QED) is 0.890. The van der Waals surface area contributed by atoms with Crippen LogP contribution in [0.2, 0.25) is 0 Å². The molecular weight excluding hydrogens is 240 g/mol. The molecular formula is C15H20N2S. The molecule has 0 aliphatic rings. The number of likely N-dealkylation sites (N-methyl/N-ethyl adjacent to an activating group) is 1. The van der Waals surface area contributed by atoms with E-state index < -0.39 is 0 Å². The number of anilines is 1. The summed E-state index contributed by atoms with van der Waals surface area (Å²) in [5.41, 5.74) is 8.52. The number of hydrogen-bond acceptors (Lipinski definition) is 3. The first-order valence-electron chi connectivity index (χ1n) is 6.33. The third-order valence-corrected chi connectivity index (χ3v) is 4.12. The molecule has 0 spiro atoms. The third-order valence-electron chi connectivity index (χ3n) is 3.15. The molecule has 1 unspecified atom stereocenters. The summed E-state index contributed by atoms with van der Waals surface area (Å²) in [6.45, 7) is 5.91. The van der Waals surface area contributed by atoms with E-state index in [1.807, 2.05) is 0 Å². The van der Waals surface area contributed by atoms with Gasteiger partial charge in [0.25, 0.3) is 0 Å². The molecule has 3 heteroatoms. The summed E-state index contributed by atoms with van der Waals surface area (Å²) in [5, 5.41) is 2.11. The smallest absolute Gasteiger partial charge is 0.0756 e. The van der Waals surface area contributed by atoms with Crippen LogP contribution < -0.4 is 10.6 Å². The van der Waals surface area contributed by atoms with E-state index in [1.54, 1.807) is 11.3 Å². The fourth-order valence-electron chi connectivity index (χ4n) is 2.27. The summed E-state index contributed by atoms with van der Waals surface area (Å²) < 4.78 is 0. The lowest BCUT2D eigenvalue weighted by atomic mass is 10.1. The van der Waals surface area contributed by atoms with Gasteiger partial charge >= 0.3 is 0 Å². The highest BCUT2D eigenvalue weighted by Crippen LogP contribution is 2.29. The van der Waals surface area contributed by atoms with Crippen molar-refractivity contribution in [2.75, 3.05) is 18.0 Å². The highest BCUT2D eigenvalue weighted by molar-refractivity contribution is 7.10. The molecule has 1 atom stereocenters. The van der Waals surface area contributed by atoms with Gasteiger partial charge in [0.05, 0.1) is 6.04 Å². The zero-order chi connectivity index (χ0) is 13.0. The van der Waals surface area contributed by atoms with Gasteiger partial charge in [-0.1, -0.05) is 18.2 Å². The predicted molar refractivity (Wildman–Crippen MR) is 80.3 cm³/mol. The van der Waals surface area contributed by atoms with E-state index in [1.165, 1.54) is 16.1 Å². The van der Waals surface area contributed by atoms with Crippen molar-refractivity contribution < 1.29 is 0 Å². The molecule has 0 fully saturated rings. The van der Waals surface area contributed by atoms with Crippen LogP contribution in [0.25, 0.3) is 0 Å². The average Bonchev–Trinajstić information content (AvgIpc) is 2.89. The molecule has 0 bridgehead atoms. The van der Waals surface area contributed by atoms with Crippen LogP contribution in [0.4, 0.5) is 5.69 Å². The molecule has 0 radical (unpaired) electrons. The number of nitrogens with two attached hydrogens (primary N) is 1. The van der Waals surface area contributed by atoms with Gasteiger partial charge in [-0.3, -0.25) is 0 Å². The highest BCUT2D eigenvalue weighted by atomic mass is 32.1. The van der Waals surface area contributed by atoms with Gasteiger partial charge in [-0.2, -0.15) is 0 Å². The van der Waals surface area contributed by atoms with E-state index in [0.29, 0.717) is 6.54 Å². The zero-order valence-corrected chi connectivity index (χ0v) is 11.8. The van der Waals surface area contributed by atoms with Crippen LogP contribution in [0.3, 0.4) is 0 Å². The summed E-state index contributed by atoms with van der Waals surface area (Å²) in [6, 6.07) is 13.1. The molecule has 2 rings (SSSR count). The Bertz CT molecular complexity index is 479. The Morgan fingerprint density at radius 1 is 1.28 bits per heavy atom. The lowest BCUT2D eigenvalue weighted by molar-refractivity contribution is 0.653. The molecule has 0 saturated carbocycles. The van der Waals surface area contributed by atoms with Gasteiger partial charge in [-0.05, 0) is 43.0 Å². The van der Waals surface area contributed by atoms with Crippen LogP contribution in [0.15, 0.2) is 41.8 Å². The first-order valence-corrected chi connectivity index (χ1v) is 7.21. The number of thiophene rings is 1. The van der Waals surface area contributed by atoms with Crippen LogP contribution in [0.1, 0.15) is 23.4 Å². The molecule has 2 nitrogen and oxygen atoms in total. The number of aryl methyl sites for hydroxylation is 1. The Balaban J connectivity index is 2.32. The maximum absolute atomic E-state index is 5.98.